The molecule has 1 aromatic heterocycles. The Morgan fingerprint density at radius 1 is 1.16 bits per heavy atom. The number of ether oxygens (including phenoxy) is 2. The first-order chi connectivity index (χ1) is 11.8. The van der Waals surface area contributed by atoms with E-state index in [-0.39, 0.29) is 17.4 Å². The van der Waals surface area contributed by atoms with Gasteiger partial charge in [0.25, 0.3) is 0 Å². The first kappa shape index (κ1) is 19.1. The quantitative estimate of drug-likeness (QED) is 0.762. The third kappa shape index (κ3) is 5.10. The lowest BCUT2D eigenvalue weighted by molar-refractivity contribution is -0.117. The van der Waals surface area contributed by atoms with Crippen LogP contribution in [0.25, 0.3) is 6.08 Å². The van der Waals surface area contributed by atoms with Gasteiger partial charge in [-0.25, -0.2) is 0 Å². The molecule has 1 atom stereocenters. The van der Waals surface area contributed by atoms with E-state index in [9.17, 15) is 4.79 Å². The molecule has 1 heterocycles. The summed E-state index contributed by atoms with van der Waals surface area (Å²) in [4.78, 5) is 13.6. The maximum absolute atomic E-state index is 12.4. The predicted octanol–water partition coefficient (Wildman–Crippen LogP) is 4.68. The Morgan fingerprint density at radius 3 is 2.44 bits per heavy atom. The SMILES string of the molecule is COc1ccc(/C=C/C(=O)NC(c2cccs2)C(C)(C)C)cc1OC. The predicted molar refractivity (Wildman–Crippen MR) is 103 cm³/mol. The van der Waals surface area contributed by atoms with Crippen LogP contribution in [-0.4, -0.2) is 20.1 Å². The Hall–Kier alpha value is -2.27. The first-order valence-corrected chi connectivity index (χ1v) is 8.97. The second kappa shape index (κ2) is 8.21. The largest absolute Gasteiger partial charge is 0.493 e. The zero-order valence-corrected chi connectivity index (χ0v) is 16.1. The number of carbonyl (C=O) groups excluding carboxylic acids is 1. The van der Waals surface area contributed by atoms with Gasteiger partial charge in [0.05, 0.1) is 20.3 Å². The molecular formula is C20H25NO3S. The molecule has 5 heteroatoms. The number of hydrogen-bond acceptors (Lipinski definition) is 4. The Labute approximate surface area is 153 Å². The van der Waals surface area contributed by atoms with Gasteiger partial charge in [-0.15, -0.1) is 11.3 Å². The molecule has 134 valence electrons. The number of carbonyl (C=O) groups is 1. The molecule has 1 amide bonds. The number of nitrogens with one attached hydrogen (secondary N) is 1. The molecule has 1 N–H and O–H groups in total. The number of thiophene rings is 1. The van der Waals surface area contributed by atoms with Gasteiger partial charge in [0.15, 0.2) is 11.5 Å². The van der Waals surface area contributed by atoms with Gasteiger partial charge < -0.3 is 14.8 Å². The Morgan fingerprint density at radius 2 is 1.88 bits per heavy atom. The van der Waals surface area contributed by atoms with Crippen molar-refractivity contribution >= 4 is 23.3 Å². The number of methoxy groups -OCH3 is 2. The monoisotopic (exact) mass is 359 g/mol. The summed E-state index contributed by atoms with van der Waals surface area (Å²) in [5.41, 5.74) is 0.800. The number of rotatable bonds is 6. The van der Waals surface area contributed by atoms with E-state index >= 15 is 0 Å². The molecule has 4 nitrogen and oxygen atoms in total. The number of benzene rings is 1. The standard InChI is InChI=1S/C20H25NO3S/c1-20(2,3)19(17-7-6-12-25-17)21-18(22)11-9-14-8-10-15(23-4)16(13-14)24-5/h6-13,19H,1-5H3,(H,21,22)/b11-9+. The van der Waals surface area contributed by atoms with E-state index in [1.54, 1.807) is 37.7 Å². The van der Waals surface area contributed by atoms with Crippen molar-refractivity contribution in [3.63, 3.8) is 0 Å². The second-order valence-corrected chi connectivity index (χ2v) is 7.75. The normalized spacial score (nSPS) is 12.8. The molecule has 2 aromatic rings. The summed E-state index contributed by atoms with van der Waals surface area (Å²) in [6.07, 6.45) is 3.32. The van der Waals surface area contributed by atoms with Crippen LogP contribution in [0.5, 0.6) is 11.5 Å². The van der Waals surface area contributed by atoms with E-state index in [1.165, 1.54) is 0 Å². The van der Waals surface area contributed by atoms with Crippen molar-refractivity contribution in [2.75, 3.05) is 14.2 Å². The topological polar surface area (TPSA) is 47.6 Å². The molecule has 0 bridgehead atoms. The average Bonchev–Trinajstić information content (AvgIpc) is 3.10. The fourth-order valence-corrected chi connectivity index (χ4v) is 3.51. The second-order valence-electron chi connectivity index (χ2n) is 6.77. The van der Waals surface area contributed by atoms with Gasteiger partial charge in [-0.05, 0) is 40.6 Å². The third-order valence-electron chi connectivity index (χ3n) is 3.82. The zero-order chi connectivity index (χ0) is 18.4. The molecular weight excluding hydrogens is 334 g/mol. The van der Waals surface area contributed by atoms with E-state index < -0.39 is 0 Å². The van der Waals surface area contributed by atoms with Gasteiger partial charge in [0.2, 0.25) is 5.91 Å². The van der Waals surface area contributed by atoms with E-state index in [1.807, 2.05) is 29.6 Å². The van der Waals surface area contributed by atoms with Crippen LogP contribution in [0.4, 0.5) is 0 Å². The highest BCUT2D eigenvalue weighted by Gasteiger charge is 2.28. The molecule has 0 saturated heterocycles. The Bertz CT molecular complexity index is 730. The van der Waals surface area contributed by atoms with Gasteiger partial charge in [0, 0.05) is 11.0 Å². The van der Waals surface area contributed by atoms with Gasteiger partial charge in [-0.1, -0.05) is 32.9 Å². The lowest BCUT2D eigenvalue weighted by Crippen LogP contribution is -2.35. The van der Waals surface area contributed by atoms with Gasteiger partial charge >= 0.3 is 0 Å². The van der Waals surface area contributed by atoms with Crippen LogP contribution in [0.1, 0.15) is 37.3 Å². The Kier molecular flexibility index (Phi) is 6.26. The minimum Gasteiger partial charge on any atom is -0.493 e. The van der Waals surface area contributed by atoms with Crippen molar-refractivity contribution in [3.8, 4) is 11.5 Å². The summed E-state index contributed by atoms with van der Waals surface area (Å²) in [6, 6.07) is 9.56. The first-order valence-electron chi connectivity index (χ1n) is 8.09. The Balaban J connectivity index is 2.12. The molecule has 1 aromatic carbocycles. The molecule has 0 saturated carbocycles. The van der Waals surface area contributed by atoms with Crippen LogP contribution >= 0.6 is 11.3 Å². The average molecular weight is 359 g/mol. The van der Waals surface area contributed by atoms with Gasteiger partial charge in [0.1, 0.15) is 0 Å². The summed E-state index contributed by atoms with van der Waals surface area (Å²) >= 11 is 1.65. The highest BCUT2D eigenvalue weighted by molar-refractivity contribution is 7.10. The summed E-state index contributed by atoms with van der Waals surface area (Å²) in [5, 5.41) is 5.14. The van der Waals surface area contributed by atoms with Crippen LogP contribution in [0.15, 0.2) is 41.8 Å². The zero-order valence-electron chi connectivity index (χ0n) is 15.3. The summed E-state index contributed by atoms with van der Waals surface area (Å²) in [5.74, 6) is 1.17. The molecule has 0 aliphatic heterocycles. The molecule has 2 rings (SSSR count). The summed E-state index contributed by atoms with van der Waals surface area (Å²) in [6.45, 7) is 6.36. The van der Waals surface area contributed by atoms with E-state index in [0.29, 0.717) is 11.5 Å². The minimum absolute atomic E-state index is 0.0324. The molecule has 0 radical (unpaired) electrons. The van der Waals surface area contributed by atoms with Crippen molar-refractivity contribution in [2.45, 2.75) is 26.8 Å². The fraction of sp³-hybridized carbons (Fsp3) is 0.350. The van der Waals surface area contributed by atoms with Crippen LogP contribution in [-0.2, 0) is 4.79 Å². The number of amides is 1. The van der Waals surface area contributed by atoms with E-state index in [4.69, 9.17) is 9.47 Å². The maximum atomic E-state index is 12.4. The number of hydrogen-bond donors (Lipinski definition) is 1. The molecule has 0 aliphatic carbocycles. The third-order valence-corrected chi connectivity index (χ3v) is 4.75. The summed E-state index contributed by atoms with van der Waals surface area (Å²) < 4.78 is 10.5. The van der Waals surface area contributed by atoms with E-state index in [2.05, 4.69) is 32.2 Å². The van der Waals surface area contributed by atoms with Gasteiger partial charge in [-0.2, -0.15) is 0 Å². The van der Waals surface area contributed by atoms with Crippen molar-refractivity contribution < 1.29 is 14.3 Å². The van der Waals surface area contributed by atoms with Crippen LogP contribution in [0.2, 0.25) is 0 Å². The lowest BCUT2D eigenvalue weighted by atomic mass is 9.85. The fourth-order valence-electron chi connectivity index (χ4n) is 2.49. The smallest absolute Gasteiger partial charge is 0.244 e. The van der Waals surface area contributed by atoms with Gasteiger partial charge in [-0.3, -0.25) is 4.79 Å². The van der Waals surface area contributed by atoms with Crippen molar-refractivity contribution in [1.82, 2.24) is 5.32 Å². The molecule has 0 aliphatic rings. The van der Waals surface area contributed by atoms with Crippen molar-refractivity contribution in [1.29, 1.82) is 0 Å². The van der Waals surface area contributed by atoms with Crippen LogP contribution < -0.4 is 14.8 Å². The summed E-state index contributed by atoms with van der Waals surface area (Å²) in [7, 11) is 3.19. The van der Waals surface area contributed by atoms with Crippen molar-refractivity contribution in [2.24, 2.45) is 5.41 Å². The highest BCUT2D eigenvalue weighted by atomic mass is 32.1. The lowest BCUT2D eigenvalue weighted by Gasteiger charge is -2.30. The van der Waals surface area contributed by atoms with Crippen molar-refractivity contribution in [3.05, 3.63) is 52.2 Å². The van der Waals surface area contributed by atoms with Crippen LogP contribution in [0, 0.1) is 5.41 Å². The molecule has 0 spiro atoms. The van der Waals surface area contributed by atoms with Crippen LogP contribution in [0.3, 0.4) is 0 Å². The molecule has 0 fully saturated rings. The molecule has 1 unspecified atom stereocenters. The van der Waals surface area contributed by atoms with E-state index in [0.717, 1.165) is 10.4 Å². The minimum atomic E-state index is -0.122. The highest BCUT2D eigenvalue weighted by Crippen LogP contribution is 2.35. The molecule has 25 heavy (non-hydrogen) atoms. The maximum Gasteiger partial charge on any atom is 0.244 e.